The van der Waals surface area contributed by atoms with Gasteiger partial charge < -0.3 is 15.1 Å². The molecule has 8 nitrogen and oxygen atoms in total. The molecular weight excluding hydrogens is 483 g/mol. The molecule has 1 aromatic heterocycles. The summed E-state index contributed by atoms with van der Waals surface area (Å²) in [4.78, 5) is 32.5. The number of nitrogens with one attached hydrogen (secondary N) is 1. The fourth-order valence-electron chi connectivity index (χ4n) is 5.75. The molecule has 1 aromatic carbocycles. The Morgan fingerprint density at radius 2 is 1.92 bits per heavy atom. The monoisotopic (exact) mass is 520 g/mol. The van der Waals surface area contributed by atoms with Gasteiger partial charge in [0, 0.05) is 62.2 Å². The Kier molecular flexibility index (Phi) is 7.09. The molecular formula is C29H37FN6O2. The van der Waals surface area contributed by atoms with Gasteiger partial charge in [0.25, 0.3) is 0 Å². The highest BCUT2D eigenvalue weighted by Gasteiger charge is 2.41. The second-order valence-electron chi connectivity index (χ2n) is 11.7. The Bertz CT molecular complexity index is 1270. The summed E-state index contributed by atoms with van der Waals surface area (Å²) < 4.78 is 13.3. The standard InChI is InChI=1S/C29H37FN6O2/c1-18-13-35(28(38)20(18)3)15-24-12-31-19(2)14-34(24)16-26(37)36-17-29(4,5)27-25(36)11-23(32-33-27)10-21-6-8-22(30)9-7-21/h6-9,11,19,24,31H,10,12-17H2,1-5H3/t19-,24-/m1/s1. The van der Waals surface area contributed by atoms with Crippen molar-refractivity contribution in [2.24, 2.45) is 0 Å². The first kappa shape index (κ1) is 26.4. The number of benzene rings is 1. The van der Waals surface area contributed by atoms with Crippen LogP contribution in [0.5, 0.6) is 0 Å². The van der Waals surface area contributed by atoms with Crippen LogP contribution in [0.15, 0.2) is 41.5 Å². The highest BCUT2D eigenvalue weighted by Crippen LogP contribution is 2.39. The van der Waals surface area contributed by atoms with Gasteiger partial charge in [0.1, 0.15) is 5.82 Å². The Hall–Kier alpha value is -3.17. The topological polar surface area (TPSA) is 81.7 Å². The predicted octanol–water partition coefficient (Wildman–Crippen LogP) is 2.67. The molecule has 5 rings (SSSR count). The summed E-state index contributed by atoms with van der Waals surface area (Å²) in [5.74, 6) is -0.159. The van der Waals surface area contributed by atoms with Crippen molar-refractivity contribution >= 4 is 17.5 Å². The summed E-state index contributed by atoms with van der Waals surface area (Å²) in [6, 6.07) is 8.63. The van der Waals surface area contributed by atoms with E-state index in [-0.39, 0.29) is 41.7 Å². The van der Waals surface area contributed by atoms with E-state index in [4.69, 9.17) is 0 Å². The fraction of sp³-hybridized carbons (Fsp3) is 0.517. The average Bonchev–Trinajstić information content (AvgIpc) is 3.28. The molecule has 0 radical (unpaired) electrons. The van der Waals surface area contributed by atoms with Crippen molar-refractivity contribution in [2.75, 3.05) is 44.2 Å². The van der Waals surface area contributed by atoms with Gasteiger partial charge in [0.15, 0.2) is 0 Å². The van der Waals surface area contributed by atoms with Gasteiger partial charge in [-0.15, -0.1) is 0 Å². The van der Waals surface area contributed by atoms with E-state index < -0.39 is 0 Å². The molecule has 0 aliphatic carbocycles. The Balaban J connectivity index is 1.33. The minimum Gasteiger partial charge on any atom is -0.333 e. The number of hydrogen-bond donors (Lipinski definition) is 1. The molecule has 4 heterocycles. The average molecular weight is 521 g/mol. The van der Waals surface area contributed by atoms with E-state index in [9.17, 15) is 14.0 Å². The van der Waals surface area contributed by atoms with Crippen LogP contribution in [0, 0.1) is 5.82 Å². The quantitative estimate of drug-likeness (QED) is 0.631. The normalized spacial score (nSPS) is 23.4. The predicted molar refractivity (Wildman–Crippen MR) is 144 cm³/mol. The number of nitrogens with zero attached hydrogens (tertiary/aromatic N) is 5. The zero-order valence-electron chi connectivity index (χ0n) is 22.9. The van der Waals surface area contributed by atoms with Crippen molar-refractivity contribution in [3.63, 3.8) is 0 Å². The van der Waals surface area contributed by atoms with Crippen LogP contribution in [0.4, 0.5) is 10.1 Å². The molecule has 3 aliphatic rings. The van der Waals surface area contributed by atoms with Crippen molar-refractivity contribution < 1.29 is 14.0 Å². The van der Waals surface area contributed by atoms with Gasteiger partial charge in [-0.05, 0) is 50.1 Å². The van der Waals surface area contributed by atoms with Crippen LogP contribution >= 0.6 is 0 Å². The maximum atomic E-state index is 13.8. The summed E-state index contributed by atoms with van der Waals surface area (Å²) in [5.41, 5.74) is 4.93. The SMILES string of the molecule is CC1=C(C)C(=O)N(C[C@H]2CN[C@H](C)CN2CC(=O)N2CC(C)(C)c3nnc(Cc4ccc(F)cc4)cc32)C1. The molecule has 1 saturated heterocycles. The highest BCUT2D eigenvalue weighted by atomic mass is 19.1. The molecule has 0 saturated carbocycles. The van der Waals surface area contributed by atoms with E-state index in [1.54, 1.807) is 12.1 Å². The molecule has 202 valence electrons. The first-order valence-electron chi connectivity index (χ1n) is 13.4. The van der Waals surface area contributed by atoms with E-state index >= 15 is 0 Å². The van der Waals surface area contributed by atoms with Gasteiger partial charge in [-0.3, -0.25) is 14.5 Å². The summed E-state index contributed by atoms with van der Waals surface area (Å²) in [5, 5.41) is 12.5. The van der Waals surface area contributed by atoms with Crippen molar-refractivity contribution in [3.05, 3.63) is 64.2 Å². The third-order valence-electron chi connectivity index (χ3n) is 8.08. The Labute approximate surface area is 223 Å². The van der Waals surface area contributed by atoms with Crippen LogP contribution in [-0.2, 0) is 21.4 Å². The van der Waals surface area contributed by atoms with E-state index in [2.05, 4.69) is 41.2 Å². The summed E-state index contributed by atoms with van der Waals surface area (Å²) in [6.45, 7) is 13.7. The number of fused-ring (bicyclic) bond motifs is 1. The van der Waals surface area contributed by atoms with E-state index in [1.165, 1.54) is 12.1 Å². The number of aromatic nitrogens is 2. The first-order valence-corrected chi connectivity index (χ1v) is 13.4. The van der Waals surface area contributed by atoms with Gasteiger partial charge in [0.2, 0.25) is 11.8 Å². The molecule has 1 fully saturated rings. The molecule has 9 heteroatoms. The number of halogens is 1. The summed E-state index contributed by atoms with van der Waals surface area (Å²) in [7, 11) is 0. The van der Waals surface area contributed by atoms with E-state index in [0.29, 0.717) is 26.1 Å². The number of carbonyl (C=O) groups is 2. The molecule has 2 atom stereocenters. The zero-order chi connectivity index (χ0) is 27.2. The molecule has 0 unspecified atom stereocenters. The lowest BCUT2D eigenvalue weighted by molar-refractivity contribution is -0.126. The van der Waals surface area contributed by atoms with Crippen LogP contribution in [0.25, 0.3) is 0 Å². The fourth-order valence-corrected chi connectivity index (χ4v) is 5.75. The third-order valence-corrected chi connectivity index (χ3v) is 8.08. The second-order valence-corrected chi connectivity index (χ2v) is 11.7. The largest absolute Gasteiger partial charge is 0.333 e. The van der Waals surface area contributed by atoms with Crippen molar-refractivity contribution in [3.8, 4) is 0 Å². The van der Waals surface area contributed by atoms with Gasteiger partial charge in [-0.25, -0.2) is 4.39 Å². The van der Waals surface area contributed by atoms with E-state index in [1.807, 2.05) is 29.7 Å². The number of rotatable bonds is 6. The summed E-state index contributed by atoms with van der Waals surface area (Å²) in [6.07, 6.45) is 0.511. The van der Waals surface area contributed by atoms with Crippen molar-refractivity contribution in [1.82, 2.24) is 25.3 Å². The molecule has 3 aliphatic heterocycles. The third kappa shape index (κ3) is 5.22. The van der Waals surface area contributed by atoms with Crippen LogP contribution in [0.2, 0.25) is 0 Å². The molecule has 38 heavy (non-hydrogen) atoms. The molecule has 1 N–H and O–H groups in total. The van der Waals surface area contributed by atoms with E-state index in [0.717, 1.165) is 46.9 Å². The molecule has 0 bridgehead atoms. The minimum absolute atomic E-state index is 0.0230. The Morgan fingerprint density at radius 1 is 1.18 bits per heavy atom. The minimum atomic E-state index is -0.314. The Morgan fingerprint density at radius 3 is 2.61 bits per heavy atom. The molecule has 2 aromatic rings. The maximum absolute atomic E-state index is 13.8. The maximum Gasteiger partial charge on any atom is 0.249 e. The van der Waals surface area contributed by atoms with Gasteiger partial charge in [-0.1, -0.05) is 26.0 Å². The first-order chi connectivity index (χ1) is 18.0. The molecule has 2 amide bonds. The number of amides is 2. The second kappa shape index (κ2) is 10.2. The van der Waals surface area contributed by atoms with Crippen LogP contribution in [0.1, 0.15) is 51.6 Å². The lowest BCUT2D eigenvalue weighted by atomic mass is 9.91. The number of carbonyl (C=O) groups excluding carboxylic acids is 2. The number of hydrogen-bond acceptors (Lipinski definition) is 6. The smallest absolute Gasteiger partial charge is 0.249 e. The lowest BCUT2D eigenvalue weighted by Gasteiger charge is -2.41. The zero-order valence-corrected chi connectivity index (χ0v) is 22.9. The van der Waals surface area contributed by atoms with Crippen molar-refractivity contribution in [2.45, 2.75) is 58.5 Å². The molecule has 0 spiro atoms. The van der Waals surface area contributed by atoms with Crippen LogP contribution < -0.4 is 10.2 Å². The van der Waals surface area contributed by atoms with Crippen molar-refractivity contribution in [1.29, 1.82) is 0 Å². The summed E-state index contributed by atoms with van der Waals surface area (Å²) >= 11 is 0. The number of piperazine rings is 1. The highest BCUT2D eigenvalue weighted by molar-refractivity contribution is 5.97. The lowest BCUT2D eigenvalue weighted by Crippen LogP contribution is -2.61. The van der Waals surface area contributed by atoms with Gasteiger partial charge >= 0.3 is 0 Å². The van der Waals surface area contributed by atoms with Crippen LogP contribution in [-0.4, -0.2) is 83.2 Å². The van der Waals surface area contributed by atoms with Gasteiger partial charge in [-0.2, -0.15) is 10.2 Å². The van der Waals surface area contributed by atoms with Crippen LogP contribution in [0.3, 0.4) is 0 Å². The number of anilines is 1. The van der Waals surface area contributed by atoms with Gasteiger partial charge in [0.05, 0.1) is 23.6 Å².